The lowest BCUT2D eigenvalue weighted by molar-refractivity contribution is 0.814. The van der Waals surface area contributed by atoms with Crippen LogP contribution in [0.4, 0.5) is 0 Å². The van der Waals surface area contributed by atoms with Crippen LogP contribution in [0.25, 0.3) is 0 Å². The monoisotopic (exact) mass is 135 g/mol. The number of allylic oxidation sites excluding steroid dienone is 2. The quantitative estimate of drug-likeness (QED) is 0.410. The molecule has 0 saturated carbocycles. The zero-order valence-electron chi connectivity index (χ0n) is 6.85. The molecule has 0 aliphatic carbocycles. The molecule has 0 N–H and O–H groups in total. The maximum atomic E-state index is 2.86. The van der Waals surface area contributed by atoms with Gasteiger partial charge in [-0.2, -0.15) is 0 Å². The first-order valence-corrected chi connectivity index (χ1v) is 3.82. The molecule has 0 aromatic rings. The molecule has 0 atom stereocenters. The molecule has 0 heterocycles. The lowest BCUT2D eigenvalue weighted by Crippen LogP contribution is -1.66. The van der Waals surface area contributed by atoms with Gasteiger partial charge in [-0.15, -0.1) is 5.92 Å². The lowest BCUT2D eigenvalue weighted by Gasteiger charge is -1.85. The molecule has 0 rings (SSSR count). The summed E-state index contributed by atoms with van der Waals surface area (Å²) in [5, 5.41) is 0. The summed E-state index contributed by atoms with van der Waals surface area (Å²) in [5.74, 6) is 5.67. The second-order valence-electron chi connectivity index (χ2n) is 2.13. The summed E-state index contributed by atoms with van der Waals surface area (Å²) >= 11 is 0. The molecule has 0 aliphatic rings. The topological polar surface area (TPSA) is 0 Å². The fourth-order valence-electron chi connectivity index (χ4n) is 0.618. The smallest absolute Gasteiger partial charge is 0.0555 e. The van der Waals surface area contributed by atoms with E-state index in [1.54, 1.807) is 0 Å². The summed E-state index contributed by atoms with van der Waals surface area (Å²) in [6.07, 6.45) is 9.79. The second kappa shape index (κ2) is 8.30. The van der Waals surface area contributed by atoms with E-state index in [1.165, 1.54) is 19.3 Å². The van der Waals surface area contributed by atoms with Gasteiger partial charge in [0.05, 0.1) is 6.42 Å². The minimum Gasteiger partial charge on any atom is -0.106 e. The molecule has 0 fully saturated rings. The van der Waals surface area contributed by atoms with E-state index < -0.39 is 0 Å². The number of rotatable bonds is 4. The Balaban J connectivity index is 3.09. The van der Waals surface area contributed by atoms with Crippen molar-refractivity contribution in [1.29, 1.82) is 0 Å². The van der Waals surface area contributed by atoms with Crippen LogP contribution >= 0.6 is 0 Å². The molecule has 10 heavy (non-hydrogen) atoms. The van der Waals surface area contributed by atoms with Crippen molar-refractivity contribution in [2.24, 2.45) is 0 Å². The molecule has 0 amide bonds. The Morgan fingerprint density at radius 1 is 1.40 bits per heavy atom. The molecule has 1 radical (unpaired) electrons. The largest absolute Gasteiger partial charge is 0.106 e. The van der Waals surface area contributed by atoms with Crippen molar-refractivity contribution in [3.8, 4) is 11.8 Å². The molecule has 0 heteroatoms. The standard InChI is InChI=1S/C10H15/c1-3-5-7-9-10-8-6-4-2/h8-10H,3,5,7H2,1-2H3. The predicted octanol–water partition coefficient (Wildman–Crippen LogP) is 2.96. The summed E-state index contributed by atoms with van der Waals surface area (Å²) < 4.78 is 0. The zero-order chi connectivity index (χ0) is 7.66. The predicted molar refractivity (Wildman–Crippen MR) is 46.4 cm³/mol. The van der Waals surface area contributed by atoms with E-state index in [-0.39, 0.29) is 0 Å². The summed E-state index contributed by atoms with van der Waals surface area (Å²) in [4.78, 5) is 0. The van der Waals surface area contributed by atoms with Gasteiger partial charge in [0.1, 0.15) is 0 Å². The molecule has 0 aromatic heterocycles. The summed E-state index contributed by atoms with van der Waals surface area (Å²) in [6.45, 7) is 4.04. The van der Waals surface area contributed by atoms with Crippen LogP contribution in [0, 0.1) is 18.3 Å². The third-order valence-corrected chi connectivity index (χ3v) is 1.18. The Hall–Kier alpha value is -0.700. The van der Waals surface area contributed by atoms with Gasteiger partial charge in [-0.1, -0.05) is 37.8 Å². The van der Waals surface area contributed by atoms with Crippen molar-refractivity contribution in [2.45, 2.75) is 33.1 Å². The minimum absolute atomic E-state index is 1.18. The number of hydrogen-bond donors (Lipinski definition) is 0. The third-order valence-electron chi connectivity index (χ3n) is 1.18. The van der Waals surface area contributed by atoms with Crippen LogP contribution in [-0.4, -0.2) is 0 Å². The fourth-order valence-corrected chi connectivity index (χ4v) is 0.618. The molecular formula is C10H15. The fraction of sp³-hybridized carbons (Fsp3) is 0.500. The van der Waals surface area contributed by atoms with Crippen molar-refractivity contribution in [3.63, 3.8) is 0 Å². The first-order valence-electron chi connectivity index (χ1n) is 3.82. The van der Waals surface area contributed by atoms with Gasteiger partial charge in [-0.3, -0.25) is 0 Å². The molecule has 55 valence electrons. The minimum atomic E-state index is 1.18. The maximum Gasteiger partial charge on any atom is 0.0555 e. The van der Waals surface area contributed by atoms with Crippen molar-refractivity contribution in [3.05, 3.63) is 18.6 Å². The van der Waals surface area contributed by atoms with Gasteiger partial charge in [0.15, 0.2) is 0 Å². The van der Waals surface area contributed by atoms with Gasteiger partial charge in [-0.25, -0.2) is 0 Å². The molecule has 0 aliphatic heterocycles. The first-order chi connectivity index (χ1) is 4.91. The van der Waals surface area contributed by atoms with Crippen molar-refractivity contribution >= 4 is 0 Å². The Morgan fingerprint density at radius 2 is 2.20 bits per heavy atom. The van der Waals surface area contributed by atoms with E-state index in [4.69, 9.17) is 0 Å². The normalized spacial score (nSPS) is 9.40. The summed E-state index contributed by atoms with van der Waals surface area (Å²) in [7, 11) is 0. The van der Waals surface area contributed by atoms with Crippen LogP contribution in [0.5, 0.6) is 0 Å². The van der Waals surface area contributed by atoms with Crippen LogP contribution in [-0.2, 0) is 0 Å². The Kier molecular flexibility index (Phi) is 7.72. The molecule has 0 saturated heterocycles. The molecular weight excluding hydrogens is 120 g/mol. The average molecular weight is 135 g/mol. The van der Waals surface area contributed by atoms with Crippen molar-refractivity contribution in [1.82, 2.24) is 0 Å². The van der Waals surface area contributed by atoms with E-state index in [0.29, 0.717) is 0 Å². The highest BCUT2D eigenvalue weighted by Gasteiger charge is 1.75. The number of unbranched alkanes of at least 4 members (excludes halogenated alkanes) is 2. The maximum absolute atomic E-state index is 2.86. The van der Waals surface area contributed by atoms with E-state index in [1.807, 2.05) is 19.4 Å². The van der Waals surface area contributed by atoms with Gasteiger partial charge < -0.3 is 0 Å². The highest BCUT2D eigenvalue weighted by molar-refractivity contribution is 5.17. The van der Waals surface area contributed by atoms with Gasteiger partial charge in [-0.05, 0) is 13.3 Å². The van der Waals surface area contributed by atoms with Crippen LogP contribution in [0.15, 0.2) is 12.2 Å². The molecule has 0 bridgehead atoms. The SMILES string of the molecule is CC#C[CH]C=CCCCC. The molecule has 0 unspecified atom stereocenters. The van der Waals surface area contributed by atoms with Crippen LogP contribution in [0.3, 0.4) is 0 Å². The van der Waals surface area contributed by atoms with Gasteiger partial charge in [0, 0.05) is 0 Å². The van der Waals surface area contributed by atoms with E-state index >= 15 is 0 Å². The molecule has 0 nitrogen and oxygen atoms in total. The Morgan fingerprint density at radius 3 is 2.80 bits per heavy atom. The van der Waals surface area contributed by atoms with E-state index in [2.05, 4.69) is 24.8 Å². The first kappa shape index (κ1) is 9.30. The third kappa shape index (κ3) is 7.30. The average Bonchev–Trinajstić information content (AvgIpc) is 1.97. The summed E-state index contributed by atoms with van der Waals surface area (Å²) in [6, 6.07) is 0. The molecule has 0 aromatic carbocycles. The van der Waals surface area contributed by atoms with Crippen LogP contribution < -0.4 is 0 Å². The highest BCUT2D eigenvalue weighted by Crippen LogP contribution is 1.94. The van der Waals surface area contributed by atoms with Gasteiger partial charge in [0.25, 0.3) is 0 Å². The van der Waals surface area contributed by atoms with Crippen LogP contribution in [0.2, 0.25) is 0 Å². The van der Waals surface area contributed by atoms with Gasteiger partial charge in [0.2, 0.25) is 0 Å². The molecule has 0 spiro atoms. The lowest BCUT2D eigenvalue weighted by atomic mass is 10.2. The second-order valence-corrected chi connectivity index (χ2v) is 2.13. The van der Waals surface area contributed by atoms with Crippen molar-refractivity contribution in [2.75, 3.05) is 0 Å². The van der Waals surface area contributed by atoms with Crippen LogP contribution in [0.1, 0.15) is 33.1 Å². The number of hydrogen-bond acceptors (Lipinski definition) is 0. The van der Waals surface area contributed by atoms with E-state index in [0.717, 1.165) is 0 Å². The highest BCUT2D eigenvalue weighted by atomic mass is 13.8. The Labute approximate surface area is 64.3 Å². The van der Waals surface area contributed by atoms with Gasteiger partial charge >= 0.3 is 0 Å². The summed E-state index contributed by atoms with van der Waals surface area (Å²) in [5.41, 5.74) is 0. The van der Waals surface area contributed by atoms with E-state index in [9.17, 15) is 0 Å². The Bertz CT molecular complexity index is 132. The zero-order valence-corrected chi connectivity index (χ0v) is 6.85. The van der Waals surface area contributed by atoms with Crippen molar-refractivity contribution < 1.29 is 0 Å².